The summed E-state index contributed by atoms with van der Waals surface area (Å²) in [5.41, 5.74) is 1.42. The number of imidazole rings is 1. The molecule has 5 heterocycles. The molecule has 0 saturated carbocycles. The van der Waals surface area contributed by atoms with Crippen molar-refractivity contribution in [3.63, 3.8) is 0 Å². The summed E-state index contributed by atoms with van der Waals surface area (Å²) < 4.78 is 32.9. The molecule has 3 aliphatic heterocycles. The second-order valence-corrected chi connectivity index (χ2v) is 17.2. The number of rotatable bonds is 11. The molecule has 0 radical (unpaired) electrons. The summed E-state index contributed by atoms with van der Waals surface area (Å²) in [4.78, 5) is 68.7. The lowest BCUT2D eigenvalue weighted by Crippen LogP contribution is -2.59. The van der Waals surface area contributed by atoms with Crippen LogP contribution in [-0.4, -0.2) is 135 Å². The number of cyclic esters (lactones) is 1. The van der Waals surface area contributed by atoms with Crippen molar-refractivity contribution < 1.29 is 48.0 Å². The van der Waals surface area contributed by atoms with Crippen LogP contribution in [0.15, 0.2) is 30.9 Å². The molecular weight excluding hydrogens is 746 g/mol. The van der Waals surface area contributed by atoms with Crippen LogP contribution in [-0.2, 0) is 44.6 Å². The highest BCUT2D eigenvalue weighted by Gasteiger charge is 2.54. The van der Waals surface area contributed by atoms with Gasteiger partial charge in [-0.1, -0.05) is 27.7 Å². The average molecular weight is 812 g/mol. The van der Waals surface area contributed by atoms with Gasteiger partial charge < -0.3 is 43.2 Å². The van der Waals surface area contributed by atoms with Crippen LogP contribution in [0.1, 0.15) is 86.3 Å². The maximum Gasteiger partial charge on any atom is 0.410 e. The molecule has 2 aromatic rings. The number of likely N-dealkylation sites (N-methyl/N-ethyl adjacent to an activating group) is 1. The number of aliphatic hydroxyl groups excluding tert-OH is 1. The maximum absolute atomic E-state index is 14.6. The van der Waals surface area contributed by atoms with Gasteiger partial charge in [-0.25, -0.2) is 9.78 Å². The quantitative estimate of drug-likeness (QED) is 0.186. The Balaban J connectivity index is 1.40. The van der Waals surface area contributed by atoms with E-state index in [1.165, 1.54) is 14.0 Å². The second-order valence-electron chi connectivity index (χ2n) is 17.2. The van der Waals surface area contributed by atoms with E-state index in [4.69, 9.17) is 23.7 Å². The predicted molar refractivity (Wildman–Crippen MR) is 214 cm³/mol. The van der Waals surface area contributed by atoms with Crippen molar-refractivity contribution in [3.05, 3.63) is 36.5 Å². The summed E-state index contributed by atoms with van der Waals surface area (Å²) in [7, 11) is 5.24. The number of ketones is 2. The summed E-state index contributed by atoms with van der Waals surface area (Å²) in [5, 5.41) is 11.4. The Kier molecular flexibility index (Phi) is 14.9. The summed E-state index contributed by atoms with van der Waals surface area (Å²) in [6.07, 6.45) is 1.98. The maximum atomic E-state index is 14.6. The van der Waals surface area contributed by atoms with Gasteiger partial charge in [0.25, 0.3) is 0 Å². The van der Waals surface area contributed by atoms with Crippen LogP contribution < -0.4 is 0 Å². The first kappa shape index (κ1) is 45.3. The molecule has 3 aliphatic rings. The molecule has 322 valence electrons. The van der Waals surface area contributed by atoms with E-state index in [0.717, 1.165) is 17.0 Å². The van der Waals surface area contributed by atoms with Crippen LogP contribution in [0.4, 0.5) is 4.79 Å². The van der Waals surface area contributed by atoms with E-state index in [1.807, 2.05) is 69.6 Å². The number of unbranched alkanes of at least 4 members (excludes halogenated alkanes) is 1. The van der Waals surface area contributed by atoms with E-state index in [9.17, 15) is 24.3 Å². The molecule has 3 fully saturated rings. The molecule has 0 bridgehead atoms. The highest BCUT2D eigenvalue weighted by Crippen LogP contribution is 2.39. The first-order valence-corrected chi connectivity index (χ1v) is 20.8. The Morgan fingerprint density at radius 1 is 0.983 bits per heavy atom. The van der Waals surface area contributed by atoms with Crippen LogP contribution in [0.3, 0.4) is 0 Å². The molecule has 15 heteroatoms. The molecule has 15 nitrogen and oxygen atoms in total. The highest BCUT2D eigenvalue weighted by atomic mass is 16.7. The normalized spacial score (nSPS) is 35.4. The summed E-state index contributed by atoms with van der Waals surface area (Å²) in [5.74, 6) is -4.86. The Hall–Kier alpha value is -3.76. The molecule has 1 amide bonds. The van der Waals surface area contributed by atoms with E-state index in [0.29, 0.717) is 32.4 Å². The third-order valence-corrected chi connectivity index (χ3v) is 12.6. The van der Waals surface area contributed by atoms with Crippen LogP contribution >= 0.6 is 0 Å². The predicted octanol–water partition coefficient (Wildman–Crippen LogP) is 4.85. The fourth-order valence-electron chi connectivity index (χ4n) is 9.00. The number of ether oxygens (including phenoxy) is 5. The Morgan fingerprint density at radius 3 is 2.33 bits per heavy atom. The Labute approximate surface area is 343 Å². The number of methoxy groups -OCH3 is 1. The molecular formula is C43H65N5O10. The number of pyridine rings is 1. The first-order chi connectivity index (χ1) is 27.4. The van der Waals surface area contributed by atoms with Gasteiger partial charge in [0.1, 0.15) is 23.9 Å². The van der Waals surface area contributed by atoms with Crippen molar-refractivity contribution in [2.45, 2.75) is 149 Å². The van der Waals surface area contributed by atoms with Gasteiger partial charge >= 0.3 is 12.1 Å². The minimum Gasteiger partial charge on any atom is -0.458 e. The second kappa shape index (κ2) is 19.1. The van der Waals surface area contributed by atoms with Crippen molar-refractivity contribution in [3.8, 4) is 11.3 Å². The van der Waals surface area contributed by atoms with Gasteiger partial charge in [0.05, 0.1) is 35.9 Å². The van der Waals surface area contributed by atoms with Gasteiger partial charge in [-0.15, -0.1) is 0 Å². The molecule has 13 atom stereocenters. The zero-order chi connectivity index (χ0) is 42.6. The third-order valence-electron chi connectivity index (χ3n) is 12.6. The lowest BCUT2D eigenvalue weighted by Gasteiger charge is -2.47. The number of esters is 1. The van der Waals surface area contributed by atoms with Gasteiger partial charge in [0.15, 0.2) is 18.2 Å². The van der Waals surface area contributed by atoms with Gasteiger partial charge in [0.2, 0.25) is 0 Å². The lowest BCUT2D eigenvalue weighted by molar-refractivity contribution is -0.295. The summed E-state index contributed by atoms with van der Waals surface area (Å²) in [6, 6.07) is 2.92. The zero-order valence-electron chi connectivity index (χ0n) is 36.1. The van der Waals surface area contributed by atoms with E-state index >= 15 is 0 Å². The minimum absolute atomic E-state index is 0.137. The number of aryl methyl sites for hydroxylation is 2. The fraction of sp³-hybridized carbons (Fsp3) is 0.721. The molecule has 0 aliphatic carbocycles. The monoisotopic (exact) mass is 811 g/mol. The molecule has 0 spiro atoms. The highest BCUT2D eigenvalue weighted by molar-refractivity contribution is 6.00. The van der Waals surface area contributed by atoms with Crippen LogP contribution in [0.2, 0.25) is 0 Å². The molecule has 58 heavy (non-hydrogen) atoms. The number of Topliss-reactive ketones (excluding diaryl/α,β-unsaturated/α-hetero) is 2. The van der Waals surface area contributed by atoms with Gasteiger partial charge in [0, 0.05) is 67.6 Å². The average Bonchev–Trinajstić information content (AvgIpc) is 3.80. The molecule has 5 rings (SSSR count). The van der Waals surface area contributed by atoms with Gasteiger partial charge in [-0.3, -0.25) is 19.4 Å². The molecule has 0 aromatic carbocycles. The Morgan fingerprint density at radius 2 is 1.69 bits per heavy atom. The number of hydrogen-bond donors (Lipinski definition) is 1. The summed E-state index contributed by atoms with van der Waals surface area (Å²) in [6.45, 7) is 15.2. The van der Waals surface area contributed by atoms with Crippen LogP contribution in [0.25, 0.3) is 11.3 Å². The van der Waals surface area contributed by atoms with Crippen LogP contribution in [0.5, 0.6) is 0 Å². The van der Waals surface area contributed by atoms with Gasteiger partial charge in [-0.05, 0) is 86.0 Å². The number of aromatic nitrogens is 3. The van der Waals surface area contributed by atoms with Crippen molar-refractivity contribution in [1.82, 2.24) is 24.3 Å². The first-order valence-electron chi connectivity index (χ1n) is 20.8. The molecule has 1 unspecified atom stereocenters. The van der Waals surface area contributed by atoms with Crippen molar-refractivity contribution in [2.24, 2.45) is 23.7 Å². The van der Waals surface area contributed by atoms with E-state index in [1.54, 1.807) is 38.2 Å². The number of hydrogen-bond acceptors (Lipinski definition) is 13. The summed E-state index contributed by atoms with van der Waals surface area (Å²) >= 11 is 0. The largest absolute Gasteiger partial charge is 0.458 e. The number of carbonyl (C=O) groups is 4. The molecule has 3 saturated heterocycles. The fourth-order valence-corrected chi connectivity index (χ4v) is 9.00. The van der Waals surface area contributed by atoms with E-state index in [2.05, 4.69) is 9.97 Å². The van der Waals surface area contributed by atoms with E-state index < -0.39 is 83.9 Å². The van der Waals surface area contributed by atoms with Crippen molar-refractivity contribution in [1.29, 1.82) is 0 Å². The van der Waals surface area contributed by atoms with Gasteiger partial charge in [-0.2, -0.15) is 0 Å². The van der Waals surface area contributed by atoms with Crippen molar-refractivity contribution >= 4 is 23.6 Å². The minimum atomic E-state index is -1.26. The number of aliphatic hydroxyl groups is 1. The SMILES string of the molecule is CC[C@H]1OC(=O)[C@H](C)C(=O)[C@H](C)[C@@H](OC2O[C@H](C)C[C@H](N(C)C)[C@H]2O)[C@@](C)(OC)C[C@@H](C)C(=O)[C@H](C)[C@@H]2[C@@H]1OC(=O)N2CCCCn1cnc(-c2ccc(C)nc2)c1. The zero-order valence-corrected chi connectivity index (χ0v) is 36.1. The standard InChI is InChI=1S/C43H65N5O10/c1-12-33-38-34(48(42(53)57-38)18-14-13-17-47-22-31(45-23-47)30-16-15-25(3)44-21-30)27(5)35(49)24(2)20-43(8,54-11)39(28(6)36(50)29(7)40(52)56-33)58-41-37(51)32(46(9)10)19-26(4)55-41/h15-16,21-24,26-29,32-34,37-39,41,51H,12-14,17-20H2,1-11H3/t24-,26-,27-,28+,29-,32+,33-,34-,37-,38-,39-,41?,43+/m1/s1. The topological polar surface area (TPSA) is 172 Å². The molecule has 1 N–H and O–H groups in total. The molecule has 2 aromatic heterocycles. The third kappa shape index (κ3) is 9.81. The van der Waals surface area contributed by atoms with Crippen LogP contribution in [0, 0.1) is 30.6 Å². The van der Waals surface area contributed by atoms with E-state index in [-0.39, 0.29) is 30.8 Å². The van der Waals surface area contributed by atoms with Crippen molar-refractivity contribution in [2.75, 3.05) is 27.7 Å². The number of amides is 1. The number of carbonyl (C=O) groups excluding carboxylic acids is 4. The lowest BCUT2D eigenvalue weighted by atomic mass is 9.75. The Bertz CT molecular complexity index is 1740. The number of nitrogens with zero attached hydrogens (tertiary/aromatic N) is 5. The number of fused-ring (bicyclic) bond motifs is 1. The smallest absolute Gasteiger partial charge is 0.410 e.